The number of nitrogens with two attached hydrogens (primary N) is 1. The fraction of sp³-hybridized carbons (Fsp3) is 0.214. The van der Waals surface area contributed by atoms with Crippen LogP contribution in [0.25, 0.3) is 0 Å². The van der Waals surface area contributed by atoms with Crippen molar-refractivity contribution >= 4 is 38.9 Å². The molecule has 0 atom stereocenters. The van der Waals surface area contributed by atoms with Crippen LogP contribution in [0.2, 0.25) is 0 Å². The molecule has 0 aliphatic heterocycles. The second-order valence-electron chi connectivity index (χ2n) is 4.43. The number of anilines is 1. The number of aliphatic imine (C=N–C) groups is 1. The van der Waals surface area contributed by atoms with Crippen molar-refractivity contribution in [2.24, 2.45) is 10.7 Å². The Kier molecular flexibility index (Phi) is 4.61. The number of nitrogens with one attached hydrogen (secondary N) is 1. The molecule has 0 aliphatic rings. The van der Waals surface area contributed by atoms with Gasteiger partial charge < -0.3 is 11.1 Å². The van der Waals surface area contributed by atoms with E-state index < -0.39 is 0 Å². The molecule has 0 bridgehead atoms. The van der Waals surface area contributed by atoms with Gasteiger partial charge in [0, 0.05) is 20.4 Å². The Labute approximate surface area is 125 Å². The van der Waals surface area contributed by atoms with E-state index in [0.717, 1.165) is 10.2 Å². The Morgan fingerprint density at radius 3 is 2.53 bits per heavy atom. The summed E-state index contributed by atoms with van der Waals surface area (Å²) in [6.07, 6.45) is 0. The molecule has 5 heteroatoms. The molecule has 0 saturated carbocycles. The molecule has 0 spiro atoms. The number of hydrogen-bond donors (Lipinski definition) is 2. The van der Waals surface area contributed by atoms with Gasteiger partial charge in [0.1, 0.15) is 0 Å². The van der Waals surface area contributed by atoms with Crippen molar-refractivity contribution in [1.82, 2.24) is 0 Å². The Morgan fingerprint density at radius 1 is 1.26 bits per heavy atom. The lowest BCUT2D eigenvalue weighted by Gasteiger charge is -2.07. The van der Waals surface area contributed by atoms with Gasteiger partial charge in [-0.1, -0.05) is 6.07 Å². The minimum absolute atomic E-state index is 0.439. The van der Waals surface area contributed by atoms with Crippen LogP contribution in [-0.4, -0.2) is 5.96 Å². The molecule has 2 rings (SSSR count). The molecule has 0 amide bonds. The second kappa shape index (κ2) is 6.21. The second-order valence-corrected chi connectivity index (χ2v) is 6.35. The molecule has 100 valence electrons. The Balaban J connectivity index is 2.01. The molecule has 0 saturated heterocycles. The highest BCUT2D eigenvalue weighted by Gasteiger charge is 1.99. The molecule has 1 aromatic carbocycles. The lowest BCUT2D eigenvalue weighted by molar-refractivity contribution is 1.09. The van der Waals surface area contributed by atoms with Gasteiger partial charge >= 0.3 is 0 Å². The van der Waals surface area contributed by atoms with Crippen molar-refractivity contribution in [2.45, 2.75) is 20.4 Å². The number of nitrogens with zero attached hydrogens (tertiary/aromatic N) is 1. The number of thiophene rings is 1. The lowest BCUT2D eigenvalue weighted by Crippen LogP contribution is -2.22. The van der Waals surface area contributed by atoms with E-state index in [1.807, 2.05) is 5.38 Å². The van der Waals surface area contributed by atoms with Crippen molar-refractivity contribution in [2.75, 3.05) is 5.32 Å². The highest BCUT2D eigenvalue weighted by Crippen LogP contribution is 2.20. The maximum Gasteiger partial charge on any atom is 0.193 e. The molecule has 0 unspecified atom stereocenters. The zero-order valence-electron chi connectivity index (χ0n) is 10.9. The molecule has 1 heterocycles. The largest absolute Gasteiger partial charge is 0.370 e. The lowest BCUT2D eigenvalue weighted by atomic mass is 10.1. The fourth-order valence-corrected chi connectivity index (χ4v) is 3.21. The van der Waals surface area contributed by atoms with E-state index in [-0.39, 0.29) is 0 Å². The molecular weight excluding hydrogens is 322 g/mol. The minimum Gasteiger partial charge on any atom is -0.370 e. The van der Waals surface area contributed by atoms with E-state index >= 15 is 0 Å². The first-order chi connectivity index (χ1) is 9.02. The summed E-state index contributed by atoms with van der Waals surface area (Å²) >= 11 is 5.09. The summed E-state index contributed by atoms with van der Waals surface area (Å²) in [4.78, 5) is 5.51. The highest BCUT2D eigenvalue weighted by atomic mass is 79.9. The first kappa shape index (κ1) is 14.1. The molecule has 2 aromatic rings. The first-order valence-corrected chi connectivity index (χ1v) is 7.58. The number of halogens is 1. The first-order valence-electron chi connectivity index (χ1n) is 5.91. The number of aryl methyl sites for hydroxylation is 2. The van der Waals surface area contributed by atoms with Gasteiger partial charge in [-0.25, -0.2) is 4.99 Å². The fourth-order valence-electron chi connectivity index (χ4n) is 1.83. The third kappa shape index (κ3) is 4.36. The van der Waals surface area contributed by atoms with Crippen LogP contribution >= 0.6 is 27.3 Å². The van der Waals surface area contributed by atoms with E-state index in [4.69, 9.17) is 5.73 Å². The number of hydrogen-bond acceptors (Lipinski definition) is 2. The standard InChI is InChI=1S/C14H16BrN3S/c1-9-3-10(2)5-12(4-9)18-14(16)17-7-13-6-11(15)8-19-13/h3-6,8H,7H2,1-2H3,(H3,16,17,18). The van der Waals surface area contributed by atoms with E-state index in [0.29, 0.717) is 12.5 Å². The van der Waals surface area contributed by atoms with Crippen LogP contribution in [-0.2, 0) is 6.54 Å². The van der Waals surface area contributed by atoms with Crippen LogP contribution in [0.4, 0.5) is 5.69 Å². The third-order valence-corrected chi connectivity index (χ3v) is 4.20. The molecule has 0 aliphatic carbocycles. The van der Waals surface area contributed by atoms with Crippen LogP contribution in [0.5, 0.6) is 0 Å². The summed E-state index contributed by atoms with van der Waals surface area (Å²) in [7, 11) is 0. The van der Waals surface area contributed by atoms with Gasteiger partial charge in [-0.15, -0.1) is 11.3 Å². The van der Waals surface area contributed by atoms with Crippen LogP contribution < -0.4 is 11.1 Å². The van der Waals surface area contributed by atoms with Gasteiger partial charge in [0.05, 0.1) is 6.54 Å². The van der Waals surface area contributed by atoms with Crippen molar-refractivity contribution in [3.05, 3.63) is 50.1 Å². The molecule has 0 fully saturated rings. The SMILES string of the molecule is Cc1cc(C)cc(NC(N)=NCc2cc(Br)cs2)c1. The number of rotatable bonds is 3. The van der Waals surface area contributed by atoms with Gasteiger partial charge in [-0.3, -0.25) is 0 Å². The average Bonchev–Trinajstić information content (AvgIpc) is 2.71. The highest BCUT2D eigenvalue weighted by molar-refractivity contribution is 9.10. The van der Waals surface area contributed by atoms with Gasteiger partial charge in [-0.2, -0.15) is 0 Å². The summed E-state index contributed by atoms with van der Waals surface area (Å²) in [6.45, 7) is 4.73. The summed E-state index contributed by atoms with van der Waals surface area (Å²) in [5.74, 6) is 0.439. The Morgan fingerprint density at radius 2 is 1.95 bits per heavy atom. The van der Waals surface area contributed by atoms with Crippen LogP contribution in [0.3, 0.4) is 0 Å². The predicted molar refractivity (Wildman–Crippen MR) is 86.9 cm³/mol. The normalized spacial score (nSPS) is 11.6. The van der Waals surface area contributed by atoms with Crippen molar-refractivity contribution in [3.63, 3.8) is 0 Å². The minimum atomic E-state index is 0.439. The third-order valence-electron chi connectivity index (χ3n) is 2.52. The Hall–Kier alpha value is -1.33. The van der Waals surface area contributed by atoms with E-state index in [1.54, 1.807) is 11.3 Å². The maximum absolute atomic E-state index is 5.89. The maximum atomic E-state index is 5.89. The van der Waals surface area contributed by atoms with Crippen LogP contribution in [0.1, 0.15) is 16.0 Å². The van der Waals surface area contributed by atoms with Gasteiger partial charge in [0.15, 0.2) is 5.96 Å². The van der Waals surface area contributed by atoms with Gasteiger partial charge in [-0.05, 0) is 59.1 Å². The molecule has 3 nitrogen and oxygen atoms in total. The van der Waals surface area contributed by atoms with Gasteiger partial charge in [0.25, 0.3) is 0 Å². The Bertz CT molecular complexity index is 584. The molecular formula is C14H16BrN3S. The predicted octanol–water partition coefficient (Wildman–Crippen LogP) is 4.05. The number of benzene rings is 1. The quantitative estimate of drug-likeness (QED) is 0.655. The van der Waals surface area contributed by atoms with Crippen LogP contribution in [0, 0.1) is 13.8 Å². The zero-order chi connectivity index (χ0) is 13.8. The molecule has 1 aromatic heterocycles. The molecule has 0 radical (unpaired) electrons. The summed E-state index contributed by atoms with van der Waals surface area (Å²) < 4.78 is 1.09. The summed E-state index contributed by atoms with van der Waals surface area (Å²) in [5, 5.41) is 5.16. The van der Waals surface area contributed by atoms with Crippen molar-refractivity contribution in [3.8, 4) is 0 Å². The van der Waals surface area contributed by atoms with E-state index in [1.165, 1.54) is 16.0 Å². The molecule has 19 heavy (non-hydrogen) atoms. The zero-order valence-corrected chi connectivity index (χ0v) is 13.3. The van der Waals surface area contributed by atoms with E-state index in [2.05, 4.69) is 64.4 Å². The van der Waals surface area contributed by atoms with Crippen LogP contribution in [0.15, 0.2) is 39.1 Å². The smallest absolute Gasteiger partial charge is 0.193 e. The molecule has 3 N–H and O–H groups in total. The monoisotopic (exact) mass is 337 g/mol. The summed E-state index contributed by atoms with van der Waals surface area (Å²) in [5.41, 5.74) is 9.28. The van der Waals surface area contributed by atoms with Crippen molar-refractivity contribution in [1.29, 1.82) is 0 Å². The topological polar surface area (TPSA) is 50.4 Å². The number of guanidine groups is 1. The summed E-state index contributed by atoms with van der Waals surface area (Å²) in [6, 6.07) is 8.29. The van der Waals surface area contributed by atoms with Gasteiger partial charge in [0.2, 0.25) is 0 Å². The van der Waals surface area contributed by atoms with E-state index in [9.17, 15) is 0 Å². The average molecular weight is 338 g/mol. The van der Waals surface area contributed by atoms with Crippen molar-refractivity contribution < 1.29 is 0 Å².